The van der Waals surface area contributed by atoms with Gasteiger partial charge >= 0.3 is 0 Å². The smallest absolute Gasteiger partial charge is 0.253 e. The number of aliphatic hydroxyl groups excluding tert-OH is 1. The average Bonchev–Trinajstić information content (AvgIpc) is 2.65. The third-order valence-electron chi connectivity index (χ3n) is 3.19. The molecule has 1 aliphatic heterocycles. The third-order valence-corrected chi connectivity index (χ3v) is 3.19. The second-order valence-corrected chi connectivity index (χ2v) is 4.55. The van der Waals surface area contributed by atoms with Crippen molar-refractivity contribution in [3.63, 3.8) is 0 Å². The zero-order valence-electron chi connectivity index (χ0n) is 10.1. The SMILES string of the molecule is CCC1(C)CC(=O)N(c2ccccc2CO)O1. The van der Waals surface area contributed by atoms with E-state index in [1.165, 1.54) is 5.06 Å². The van der Waals surface area contributed by atoms with Crippen LogP contribution in [0.4, 0.5) is 5.69 Å². The van der Waals surface area contributed by atoms with Crippen LogP contribution in [-0.4, -0.2) is 16.6 Å². The Morgan fingerprint density at radius 3 is 2.76 bits per heavy atom. The molecule has 1 aromatic carbocycles. The topological polar surface area (TPSA) is 49.8 Å². The summed E-state index contributed by atoms with van der Waals surface area (Å²) in [6, 6.07) is 7.22. The molecule has 4 nitrogen and oxygen atoms in total. The lowest BCUT2D eigenvalue weighted by Gasteiger charge is -2.23. The first-order valence-electron chi connectivity index (χ1n) is 5.80. The fourth-order valence-electron chi connectivity index (χ4n) is 1.91. The highest BCUT2D eigenvalue weighted by Crippen LogP contribution is 2.34. The molecule has 0 aromatic heterocycles. The molecule has 4 heteroatoms. The zero-order valence-corrected chi connectivity index (χ0v) is 10.1. The maximum Gasteiger partial charge on any atom is 0.253 e. The van der Waals surface area contributed by atoms with E-state index in [0.717, 1.165) is 6.42 Å². The minimum atomic E-state index is -0.431. The summed E-state index contributed by atoms with van der Waals surface area (Å²) in [6.45, 7) is 3.81. The van der Waals surface area contributed by atoms with Crippen molar-refractivity contribution in [2.24, 2.45) is 0 Å². The number of benzene rings is 1. The molecule has 1 aromatic rings. The molecular weight excluding hydrogens is 218 g/mol. The number of hydrogen-bond donors (Lipinski definition) is 1. The highest BCUT2D eigenvalue weighted by molar-refractivity contribution is 5.94. The Labute approximate surface area is 101 Å². The van der Waals surface area contributed by atoms with Crippen LogP contribution in [0.25, 0.3) is 0 Å². The van der Waals surface area contributed by atoms with Gasteiger partial charge in [0.05, 0.1) is 18.7 Å². The van der Waals surface area contributed by atoms with E-state index in [1.807, 2.05) is 26.0 Å². The van der Waals surface area contributed by atoms with E-state index in [2.05, 4.69) is 0 Å². The van der Waals surface area contributed by atoms with Crippen LogP contribution in [-0.2, 0) is 16.2 Å². The summed E-state index contributed by atoms with van der Waals surface area (Å²) >= 11 is 0. The number of anilines is 1. The number of hydrogen-bond acceptors (Lipinski definition) is 3. The van der Waals surface area contributed by atoms with Gasteiger partial charge in [0.25, 0.3) is 5.91 Å². The van der Waals surface area contributed by atoms with E-state index >= 15 is 0 Å². The number of aliphatic hydroxyl groups is 1. The maximum atomic E-state index is 11.9. The Hall–Kier alpha value is -1.39. The molecule has 0 aliphatic carbocycles. The Morgan fingerprint density at radius 1 is 1.47 bits per heavy atom. The molecule has 17 heavy (non-hydrogen) atoms. The molecule has 1 aliphatic rings. The van der Waals surface area contributed by atoms with E-state index < -0.39 is 5.60 Å². The Balaban J connectivity index is 2.32. The van der Waals surface area contributed by atoms with Crippen molar-refractivity contribution in [2.75, 3.05) is 5.06 Å². The van der Waals surface area contributed by atoms with Crippen molar-refractivity contribution in [3.8, 4) is 0 Å². The predicted molar refractivity (Wildman–Crippen MR) is 64.2 cm³/mol. The lowest BCUT2D eigenvalue weighted by molar-refractivity contribution is -0.119. The molecule has 0 saturated carbocycles. The van der Waals surface area contributed by atoms with Crippen LogP contribution in [0.3, 0.4) is 0 Å². The highest BCUT2D eigenvalue weighted by atomic mass is 16.7. The summed E-state index contributed by atoms with van der Waals surface area (Å²) < 4.78 is 0. The van der Waals surface area contributed by atoms with Gasteiger partial charge in [0.15, 0.2) is 0 Å². The highest BCUT2D eigenvalue weighted by Gasteiger charge is 2.41. The van der Waals surface area contributed by atoms with Gasteiger partial charge < -0.3 is 5.11 Å². The van der Waals surface area contributed by atoms with Crippen molar-refractivity contribution in [1.29, 1.82) is 0 Å². The predicted octanol–water partition coefficient (Wildman–Crippen LogP) is 2.02. The van der Waals surface area contributed by atoms with Gasteiger partial charge in [-0.2, -0.15) is 5.06 Å². The number of carbonyl (C=O) groups is 1. The quantitative estimate of drug-likeness (QED) is 0.872. The minimum Gasteiger partial charge on any atom is -0.392 e. The van der Waals surface area contributed by atoms with Crippen molar-refractivity contribution in [1.82, 2.24) is 0 Å². The zero-order chi connectivity index (χ0) is 12.5. The first kappa shape index (κ1) is 12.1. The number of rotatable bonds is 3. The molecule has 0 spiro atoms. The first-order valence-corrected chi connectivity index (χ1v) is 5.80. The van der Waals surface area contributed by atoms with Gasteiger partial charge in [-0.1, -0.05) is 25.1 Å². The maximum absolute atomic E-state index is 11.9. The second kappa shape index (κ2) is 4.47. The third kappa shape index (κ3) is 2.18. The Bertz CT molecular complexity index is 432. The van der Waals surface area contributed by atoms with Crippen LogP contribution >= 0.6 is 0 Å². The molecule has 1 fully saturated rings. The standard InChI is InChI=1S/C13H17NO3/c1-3-13(2)8-12(16)14(17-13)11-7-5-4-6-10(11)9-15/h4-7,15H,3,8-9H2,1-2H3. The normalized spacial score (nSPS) is 24.4. The van der Waals surface area contributed by atoms with Crippen molar-refractivity contribution < 1.29 is 14.7 Å². The number of hydroxylamine groups is 1. The lowest BCUT2D eigenvalue weighted by Crippen LogP contribution is -2.28. The van der Waals surface area contributed by atoms with Crippen molar-refractivity contribution in [3.05, 3.63) is 29.8 Å². The van der Waals surface area contributed by atoms with E-state index in [4.69, 9.17) is 4.84 Å². The molecular formula is C13H17NO3. The fraction of sp³-hybridized carbons (Fsp3) is 0.462. The van der Waals surface area contributed by atoms with Crippen molar-refractivity contribution in [2.45, 2.75) is 38.9 Å². The molecule has 1 unspecified atom stereocenters. The molecule has 1 N–H and O–H groups in total. The Morgan fingerprint density at radius 2 is 2.18 bits per heavy atom. The van der Waals surface area contributed by atoms with E-state index in [-0.39, 0.29) is 12.5 Å². The van der Waals surface area contributed by atoms with Gasteiger partial charge in [-0.15, -0.1) is 0 Å². The summed E-state index contributed by atoms with van der Waals surface area (Å²) in [7, 11) is 0. The van der Waals surface area contributed by atoms with Gasteiger partial charge in [0.1, 0.15) is 5.60 Å². The van der Waals surface area contributed by atoms with E-state index in [1.54, 1.807) is 12.1 Å². The fourth-order valence-corrected chi connectivity index (χ4v) is 1.91. The van der Waals surface area contributed by atoms with Crippen LogP contribution in [0.15, 0.2) is 24.3 Å². The first-order chi connectivity index (χ1) is 8.09. The van der Waals surface area contributed by atoms with Crippen LogP contribution in [0.1, 0.15) is 32.3 Å². The minimum absolute atomic E-state index is 0.0600. The van der Waals surface area contributed by atoms with E-state index in [9.17, 15) is 9.90 Å². The number of amides is 1. The van der Waals surface area contributed by atoms with E-state index in [0.29, 0.717) is 17.7 Å². The van der Waals surface area contributed by atoms with Gasteiger partial charge in [-0.3, -0.25) is 9.63 Å². The second-order valence-electron chi connectivity index (χ2n) is 4.55. The van der Waals surface area contributed by atoms with Crippen LogP contribution in [0, 0.1) is 0 Å². The number of carbonyl (C=O) groups excluding carboxylic acids is 1. The van der Waals surface area contributed by atoms with Gasteiger partial charge in [0.2, 0.25) is 0 Å². The number of para-hydroxylation sites is 1. The summed E-state index contributed by atoms with van der Waals surface area (Å²) in [5.74, 6) is -0.0600. The molecule has 0 bridgehead atoms. The molecule has 1 amide bonds. The Kier molecular flexibility index (Phi) is 3.17. The van der Waals surface area contributed by atoms with Gasteiger partial charge in [-0.25, -0.2) is 0 Å². The summed E-state index contributed by atoms with van der Waals surface area (Å²) in [5, 5.41) is 10.6. The van der Waals surface area contributed by atoms with Crippen LogP contribution in [0.5, 0.6) is 0 Å². The average molecular weight is 235 g/mol. The van der Waals surface area contributed by atoms with Gasteiger partial charge in [0, 0.05) is 5.56 Å². The summed E-state index contributed by atoms with van der Waals surface area (Å²) in [5.41, 5.74) is 0.901. The van der Waals surface area contributed by atoms with Crippen LogP contribution < -0.4 is 5.06 Å². The molecule has 1 saturated heterocycles. The van der Waals surface area contributed by atoms with Gasteiger partial charge in [-0.05, 0) is 19.4 Å². The lowest BCUT2D eigenvalue weighted by atomic mass is 10.0. The summed E-state index contributed by atoms with van der Waals surface area (Å²) in [4.78, 5) is 17.6. The molecule has 1 heterocycles. The molecule has 1 atom stereocenters. The number of nitrogens with zero attached hydrogens (tertiary/aromatic N) is 1. The summed E-state index contributed by atoms with van der Waals surface area (Å²) in [6.07, 6.45) is 1.15. The van der Waals surface area contributed by atoms with Crippen molar-refractivity contribution >= 4 is 11.6 Å². The molecule has 92 valence electrons. The molecule has 0 radical (unpaired) electrons. The van der Waals surface area contributed by atoms with Crippen LogP contribution in [0.2, 0.25) is 0 Å². The monoisotopic (exact) mass is 235 g/mol. The largest absolute Gasteiger partial charge is 0.392 e. The molecule has 2 rings (SSSR count).